The molecule has 20 heavy (non-hydrogen) atoms. The number of phenolic OH excluding ortho intramolecular Hbond substituents is 1. The minimum atomic E-state index is 0.251. The molecule has 1 saturated carbocycles. The average molecular weight is 267 g/mol. The molecule has 0 bridgehead atoms. The van der Waals surface area contributed by atoms with Crippen LogP contribution in [0.5, 0.6) is 5.75 Å². The molecule has 0 amide bonds. The van der Waals surface area contributed by atoms with Crippen LogP contribution >= 0.6 is 0 Å². The van der Waals surface area contributed by atoms with E-state index in [0.717, 1.165) is 47.6 Å². The molecule has 0 radical (unpaired) electrons. The Bertz CT molecular complexity index is 661. The van der Waals surface area contributed by atoms with Crippen LogP contribution in [0.2, 0.25) is 0 Å². The van der Waals surface area contributed by atoms with Gasteiger partial charge in [-0.25, -0.2) is 0 Å². The number of para-hydroxylation sites is 1. The third-order valence-electron chi connectivity index (χ3n) is 4.45. The number of anilines is 1. The fraction of sp³-hybridized carbons (Fsp3) is 0.375. The molecule has 0 spiro atoms. The van der Waals surface area contributed by atoms with Crippen molar-refractivity contribution in [3.05, 3.63) is 36.0 Å². The molecule has 2 fully saturated rings. The number of nitrogens with zero attached hydrogens (tertiary/aromatic N) is 3. The van der Waals surface area contributed by atoms with Crippen molar-refractivity contribution < 1.29 is 5.11 Å². The molecule has 2 heterocycles. The molecular weight excluding hydrogens is 250 g/mol. The van der Waals surface area contributed by atoms with Crippen LogP contribution in [0.3, 0.4) is 0 Å². The smallest absolute Gasteiger partial charge is 0.125 e. The van der Waals surface area contributed by atoms with Gasteiger partial charge in [0.25, 0.3) is 0 Å². The predicted octanol–water partition coefficient (Wildman–Crippen LogP) is 2.61. The fourth-order valence-electron chi connectivity index (χ4n) is 3.18. The quantitative estimate of drug-likeness (QED) is 0.908. The Balaban J connectivity index is 1.73. The van der Waals surface area contributed by atoms with E-state index in [0.29, 0.717) is 0 Å². The molecule has 2 aromatic rings. The first-order valence-electron chi connectivity index (χ1n) is 7.10. The number of piperidine rings is 1. The molecule has 1 aromatic carbocycles. The summed E-state index contributed by atoms with van der Waals surface area (Å²) in [4.78, 5) is 2.41. The van der Waals surface area contributed by atoms with Gasteiger partial charge >= 0.3 is 0 Å². The van der Waals surface area contributed by atoms with Crippen molar-refractivity contribution in [2.75, 3.05) is 18.0 Å². The molecule has 2 unspecified atom stereocenters. The molecule has 1 aromatic heterocycles. The van der Waals surface area contributed by atoms with Crippen molar-refractivity contribution >= 4 is 5.69 Å². The zero-order chi connectivity index (χ0) is 13.7. The lowest BCUT2D eigenvalue weighted by molar-refractivity contribution is 0.477. The maximum atomic E-state index is 9.96. The number of rotatable bonds is 2. The summed E-state index contributed by atoms with van der Waals surface area (Å²) < 4.78 is 0. The van der Waals surface area contributed by atoms with Crippen molar-refractivity contribution in [2.45, 2.75) is 13.3 Å². The van der Waals surface area contributed by atoms with Crippen LogP contribution in [0.1, 0.15) is 12.1 Å². The Labute approximate surface area is 118 Å². The first-order valence-corrected chi connectivity index (χ1v) is 7.10. The van der Waals surface area contributed by atoms with Crippen molar-refractivity contribution in [2.24, 2.45) is 11.8 Å². The van der Waals surface area contributed by atoms with Gasteiger partial charge in [-0.15, -0.1) is 5.10 Å². The number of benzene rings is 1. The third-order valence-corrected chi connectivity index (χ3v) is 4.45. The van der Waals surface area contributed by atoms with E-state index in [2.05, 4.69) is 21.2 Å². The van der Waals surface area contributed by atoms with E-state index in [1.165, 1.54) is 6.42 Å². The van der Waals surface area contributed by atoms with Crippen molar-refractivity contribution in [1.82, 2.24) is 10.2 Å². The highest BCUT2D eigenvalue weighted by Crippen LogP contribution is 2.46. The molecule has 1 saturated heterocycles. The van der Waals surface area contributed by atoms with Gasteiger partial charge in [0.15, 0.2) is 0 Å². The molecule has 2 aliphatic rings. The first kappa shape index (κ1) is 11.7. The average Bonchev–Trinajstić information content (AvgIpc) is 3.07. The van der Waals surface area contributed by atoms with Gasteiger partial charge in [-0.3, -0.25) is 0 Å². The molecule has 1 N–H and O–H groups in total. The summed E-state index contributed by atoms with van der Waals surface area (Å²) >= 11 is 0. The van der Waals surface area contributed by atoms with Gasteiger partial charge < -0.3 is 10.0 Å². The van der Waals surface area contributed by atoms with Gasteiger partial charge in [0.05, 0.1) is 17.1 Å². The van der Waals surface area contributed by atoms with E-state index < -0.39 is 0 Å². The Hall–Kier alpha value is -2.10. The number of aromatic hydroxyl groups is 1. The maximum Gasteiger partial charge on any atom is 0.125 e. The molecule has 1 aliphatic carbocycles. The maximum absolute atomic E-state index is 9.96. The SMILES string of the molecule is Cc1nnc(-c2ccccc2O)cc1N1CC2CC2C1. The van der Waals surface area contributed by atoms with E-state index in [1.807, 2.05) is 25.1 Å². The highest BCUT2D eigenvalue weighted by atomic mass is 16.3. The molecule has 2 atom stereocenters. The fourth-order valence-corrected chi connectivity index (χ4v) is 3.18. The zero-order valence-corrected chi connectivity index (χ0v) is 11.5. The third kappa shape index (κ3) is 1.83. The summed E-state index contributed by atoms with van der Waals surface area (Å²) in [6.07, 6.45) is 1.39. The summed E-state index contributed by atoms with van der Waals surface area (Å²) in [5.74, 6) is 2.02. The summed E-state index contributed by atoms with van der Waals surface area (Å²) in [6, 6.07) is 9.33. The van der Waals surface area contributed by atoms with Crippen LogP contribution in [-0.4, -0.2) is 28.4 Å². The summed E-state index contributed by atoms with van der Waals surface area (Å²) in [5, 5.41) is 18.5. The lowest BCUT2D eigenvalue weighted by Crippen LogP contribution is -2.23. The molecule has 1 aliphatic heterocycles. The first-order chi connectivity index (χ1) is 9.72. The van der Waals surface area contributed by atoms with Crippen LogP contribution in [0, 0.1) is 18.8 Å². The van der Waals surface area contributed by atoms with Crippen molar-refractivity contribution in [3.63, 3.8) is 0 Å². The monoisotopic (exact) mass is 267 g/mol. The van der Waals surface area contributed by atoms with Gasteiger partial charge in [-0.1, -0.05) is 12.1 Å². The van der Waals surface area contributed by atoms with Crippen LogP contribution in [-0.2, 0) is 0 Å². The van der Waals surface area contributed by atoms with Crippen molar-refractivity contribution in [1.29, 1.82) is 0 Å². The molecular formula is C16H17N3O. The molecule has 4 rings (SSSR count). The topological polar surface area (TPSA) is 49.3 Å². The zero-order valence-electron chi connectivity index (χ0n) is 11.5. The highest BCUT2D eigenvalue weighted by molar-refractivity contribution is 5.70. The van der Waals surface area contributed by atoms with Crippen LogP contribution in [0.15, 0.2) is 30.3 Å². The molecule has 4 heteroatoms. The minimum absolute atomic E-state index is 0.251. The lowest BCUT2D eigenvalue weighted by Gasteiger charge is -2.22. The van der Waals surface area contributed by atoms with Crippen LogP contribution in [0.4, 0.5) is 5.69 Å². The van der Waals surface area contributed by atoms with Crippen LogP contribution < -0.4 is 4.90 Å². The summed E-state index contributed by atoms with van der Waals surface area (Å²) in [7, 11) is 0. The number of fused-ring (bicyclic) bond motifs is 1. The van der Waals surface area contributed by atoms with E-state index in [4.69, 9.17) is 0 Å². The minimum Gasteiger partial charge on any atom is -0.507 e. The van der Waals surface area contributed by atoms with Crippen LogP contribution in [0.25, 0.3) is 11.3 Å². The van der Waals surface area contributed by atoms with Gasteiger partial charge in [0, 0.05) is 18.7 Å². The van der Waals surface area contributed by atoms with Crippen molar-refractivity contribution in [3.8, 4) is 17.0 Å². The Morgan fingerprint density at radius 1 is 1.15 bits per heavy atom. The summed E-state index contributed by atoms with van der Waals surface area (Å²) in [6.45, 7) is 4.27. The van der Waals surface area contributed by atoms with Gasteiger partial charge in [0.2, 0.25) is 0 Å². The number of hydrogen-bond acceptors (Lipinski definition) is 4. The number of aryl methyl sites for hydroxylation is 1. The van der Waals surface area contributed by atoms with E-state index >= 15 is 0 Å². The largest absolute Gasteiger partial charge is 0.507 e. The van der Waals surface area contributed by atoms with Gasteiger partial charge in [-0.05, 0) is 43.4 Å². The Morgan fingerprint density at radius 3 is 2.65 bits per heavy atom. The second-order valence-corrected chi connectivity index (χ2v) is 5.88. The Morgan fingerprint density at radius 2 is 1.90 bits per heavy atom. The summed E-state index contributed by atoms with van der Waals surface area (Å²) in [5.41, 5.74) is 3.60. The Kier molecular flexibility index (Phi) is 2.46. The van der Waals surface area contributed by atoms with E-state index in [9.17, 15) is 5.11 Å². The predicted molar refractivity (Wildman–Crippen MR) is 77.7 cm³/mol. The number of phenols is 1. The van der Waals surface area contributed by atoms with E-state index in [-0.39, 0.29) is 5.75 Å². The van der Waals surface area contributed by atoms with E-state index in [1.54, 1.807) is 6.07 Å². The second kappa shape index (κ2) is 4.20. The molecule has 4 nitrogen and oxygen atoms in total. The van der Waals surface area contributed by atoms with Gasteiger partial charge in [0.1, 0.15) is 5.75 Å². The van der Waals surface area contributed by atoms with Gasteiger partial charge in [-0.2, -0.15) is 5.10 Å². The number of hydrogen-bond donors (Lipinski definition) is 1. The second-order valence-electron chi connectivity index (χ2n) is 5.88. The number of aromatic nitrogens is 2. The standard InChI is InChI=1S/C16H17N3O/c1-10-15(19-8-11-6-12(11)9-19)7-14(18-17-10)13-4-2-3-5-16(13)20/h2-5,7,11-12,20H,6,8-9H2,1H3. The highest BCUT2D eigenvalue weighted by Gasteiger charge is 2.45. The molecule has 102 valence electrons. The normalized spacial score (nSPS) is 23.8. The lowest BCUT2D eigenvalue weighted by atomic mass is 10.1.